The number of aromatic nitrogens is 3. The Labute approximate surface area is 167 Å². The van der Waals surface area contributed by atoms with Gasteiger partial charge in [-0.05, 0) is 49.7 Å². The van der Waals surface area contributed by atoms with Gasteiger partial charge in [0.05, 0.1) is 11.7 Å². The quantitative estimate of drug-likeness (QED) is 0.643. The topological polar surface area (TPSA) is 86.2 Å². The number of rotatable bonds is 7. The summed E-state index contributed by atoms with van der Waals surface area (Å²) in [5.41, 5.74) is 1.24. The number of anilines is 1. The number of ether oxygens (including phenoxy) is 2. The van der Waals surface area contributed by atoms with E-state index in [2.05, 4.69) is 20.3 Å². The van der Waals surface area contributed by atoms with Crippen LogP contribution in [0.25, 0.3) is 0 Å². The summed E-state index contributed by atoms with van der Waals surface area (Å²) < 4.78 is 11.3. The van der Waals surface area contributed by atoms with Gasteiger partial charge in [-0.3, -0.25) is 9.78 Å². The zero-order valence-electron chi connectivity index (χ0n) is 15.4. The Morgan fingerprint density at radius 2 is 1.96 bits per heavy atom. The van der Waals surface area contributed by atoms with Crippen molar-refractivity contribution in [3.8, 4) is 11.6 Å². The first-order valence-electron chi connectivity index (χ1n) is 8.63. The molecule has 0 aliphatic heterocycles. The minimum absolute atomic E-state index is 0.0710. The van der Waals surface area contributed by atoms with Crippen LogP contribution >= 0.6 is 11.6 Å². The van der Waals surface area contributed by atoms with Crippen LogP contribution < -0.4 is 14.8 Å². The molecule has 0 aliphatic rings. The number of carbonyl (C=O) groups is 1. The van der Waals surface area contributed by atoms with Crippen LogP contribution in [-0.4, -0.2) is 27.0 Å². The number of nitrogens with zero attached hydrogens (tertiary/aromatic N) is 3. The van der Waals surface area contributed by atoms with Gasteiger partial charge >= 0.3 is 0 Å². The number of carbonyl (C=O) groups excluding carboxylic acids is 1. The van der Waals surface area contributed by atoms with E-state index >= 15 is 0 Å². The minimum Gasteiger partial charge on any atom is -0.485 e. The third-order valence-electron chi connectivity index (χ3n) is 3.56. The summed E-state index contributed by atoms with van der Waals surface area (Å²) in [6.45, 7) is 4.06. The molecule has 8 heteroatoms. The molecule has 3 aromatic heterocycles. The van der Waals surface area contributed by atoms with Crippen LogP contribution in [0.1, 0.15) is 29.8 Å². The van der Waals surface area contributed by atoms with Crippen molar-refractivity contribution < 1.29 is 14.3 Å². The molecule has 0 atom stereocenters. The van der Waals surface area contributed by atoms with Gasteiger partial charge in [0, 0.05) is 24.8 Å². The van der Waals surface area contributed by atoms with E-state index in [0.29, 0.717) is 18.2 Å². The van der Waals surface area contributed by atoms with Crippen LogP contribution in [0.5, 0.6) is 11.6 Å². The third kappa shape index (κ3) is 5.17. The monoisotopic (exact) mass is 398 g/mol. The summed E-state index contributed by atoms with van der Waals surface area (Å²) in [5.74, 6) is 0.636. The lowest BCUT2D eigenvalue weighted by Gasteiger charge is -2.13. The summed E-state index contributed by atoms with van der Waals surface area (Å²) in [6.07, 6.45) is 6.28. The highest BCUT2D eigenvalue weighted by molar-refractivity contribution is 6.32. The molecule has 0 radical (unpaired) electrons. The lowest BCUT2D eigenvalue weighted by atomic mass is 10.2. The van der Waals surface area contributed by atoms with Gasteiger partial charge in [-0.15, -0.1) is 0 Å². The molecule has 144 valence electrons. The molecule has 7 nitrogen and oxygen atoms in total. The normalized spacial score (nSPS) is 10.6. The van der Waals surface area contributed by atoms with E-state index < -0.39 is 5.91 Å². The first-order chi connectivity index (χ1) is 13.5. The number of hydrogen-bond donors (Lipinski definition) is 1. The van der Waals surface area contributed by atoms with Gasteiger partial charge in [-0.1, -0.05) is 11.6 Å². The first-order valence-corrected chi connectivity index (χ1v) is 9.01. The molecular formula is C20H19ClN4O3. The van der Waals surface area contributed by atoms with Crippen molar-refractivity contribution in [1.82, 2.24) is 15.0 Å². The molecule has 0 bridgehead atoms. The van der Waals surface area contributed by atoms with Crippen molar-refractivity contribution in [1.29, 1.82) is 0 Å². The molecule has 0 saturated carbocycles. The van der Waals surface area contributed by atoms with Crippen molar-refractivity contribution in [2.24, 2.45) is 0 Å². The summed E-state index contributed by atoms with van der Waals surface area (Å²) in [4.78, 5) is 24.8. The zero-order chi connectivity index (χ0) is 19.9. The highest BCUT2D eigenvalue weighted by atomic mass is 35.5. The predicted molar refractivity (Wildman–Crippen MR) is 106 cm³/mol. The second-order valence-electron chi connectivity index (χ2n) is 6.13. The van der Waals surface area contributed by atoms with Crippen molar-refractivity contribution in [2.45, 2.75) is 26.6 Å². The molecule has 0 unspecified atom stereocenters. The van der Waals surface area contributed by atoms with Crippen molar-refractivity contribution >= 4 is 23.3 Å². The van der Waals surface area contributed by atoms with Gasteiger partial charge in [0.2, 0.25) is 5.88 Å². The zero-order valence-corrected chi connectivity index (χ0v) is 16.2. The van der Waals surface area contributed by atoms with E-state index in [1.165, 1.54) is 12.3 Å². The Bertz CT molecular complexity index is 951. The SMILES string of the molecule is CC(C)Oc1ncc(C(=O)Nc2ncccc2OCc2ccncc2)cc1Cl. The molecule has 0 saturated heterocycles. The molecule has 3 heterocycles. The molecule has 3 rings (SSSR count). The fourth-order valence-electron chi connectivity index (χ4n) is 2.28. The van der Waals surface area contributed by atoms with Crippen LogP contribution in [0, 0.1) is 0 Å². The molecular weight excluding hydrogens is 380 g/mol. The number of amides is 1. The summed E-state index contributed by atoms with van der Waals surface area (Å²) >= 11 is 6.16. The largest absolute Gasteiger partial charge is 0.485 e. The van der Waals surface area contributed by atoms with E-state index in [1.54, 1.807) is 30.7 Å². The molecule has 3 aromatic rings. The average Bonchev–Trinajstić information content (AvgIpc) is 2.69. The second-order valence-corrected chi connectivity index (χ2v) is 6.53. The highest BCUT2D eigenvalue weighted by Gasteiger charge is 2.15. The van der Waals surface area contributed by atoms with Gasteiger partial charge in [0.1, 0.15) is 11.6 Å². The van der Waals surface area contributed by atoms with Gasteiger partial charge in [-0.25, -0.2) is 9.97 Å². The Kier molecular flexibility index (Phi) is 6.39. The lowest BCUT2D eigenvalue weighted by Crippen LogP contribution is -2.15. The fraction of sp³-hybridized carbons (Fsp3) is 0.200. The Morgan fingerprint density at radius 1 is 1.18 bits per heavy atom. The highest BCUT2D eigenvalue weighted by Crippen LogP contribution is 2.26. The maximum Gasteiger partial charge on any atom is 0.258 e. The molecule has 1 amide bonds. The van der Waals surface area contributed by atoms with E-state index in [-0.39, 0.29) is 22.6 Å². The van der Waals surface area contributed by atoms with E-state index in [4.69, 9.17) is 21.1 Å². The number of pyridine rings is 3. The maximum absolute atomic E-state index is 12.6. The lowest BCUT2D eigenvalue weighted by molar-refractivity contribution is 0.102. The van der Waals surface area contributed by atoms with E-state index in [0.717, 1.165) is 5.56 Å². The van der Waals surface area contributed by atoms with Gasteiger partial charge in [0.15, 0.2) is 11.6 Å². The molecule has 0 fully saturated rings. The average molecular weight is 399 g/mol. The van der Waals surface area contributed by atoms with Crippen molar-refractivity contribution in [2.75, 3.05) is 5.32 Å². The Hall–Kier alpha value is -3.19. The van der Waals surface area contributed by atoms with Crippen LogP contribution in [0.3, 0.4) is 0 Å². The standard InChI is InChI=1S/C20H19ClN4O3/c1-13(2)28-20-16(21)10-15(11-24-20)19(26)25-18-17(4-3-7-23-18)27-12-14-5-8-22-9-6-14/h3-11,13H,12H2,1-2H3,(H,23,25,26). The molecule has 1 N–H and O–H groups in total. The summed E-state index contributed by atoms with van der Waals surface area (Å²) in [5, 5.41) is 2.98. The van der Waals surface area contributed by atoms with Gasteiger partial charge in [-0.2, -0.15) is 0 Å². The van der Waals surface area contributed by atoms with Crippen molar-refractivity contribution in [3.05, 3.63) is 71.3 Å². The molecule has 0 aromatic carbocycles. The number of halogens is 1. The Balaban J connectivity index is 1.71. The number of hydrogen-bond acceptors (Lipinski definition) is 6. The van der Waals surface area contributed by atoms with Crippen LogP contribution in [0.2, 0.25) is 5.02 Å². The summed E-state index contributed by atoms with van der Waals surface area (Å²) in [7, 11) is 0. The molecule has 28 heavy (non-hydrogen) atoms. The first kappa shape index (κ1) is 19.6. The van der Waals surface area contributed by atoms with Crippen molar-refractivity contribution in [3.63, 3.8) is 0 Å². The predicted octanol–water partition coefficient (Wildman–Crippen LogP) is 4.14. The number of nitrogens with one attached hydrogen (secondary N) is 1. The van der Waals surface area contributed by atoms with E-state index in [9.17, 15) is 4.79 Å². The van der Waals surface area contributed by atoms with Gasteiger partial charge in [0.25, 0.3) is 5.91 Å². The van der Waals surface area contributed by atoms with Crippen LogP contribution in [0.15, 0.2) is 55.1 Å². The second kappa shape index (κ2) is 9.14. The van der Waals surface area contributed by atoms with Crippen LogP contribution in [0.4, 0.5) is 5.82 Å². The Morgan fingerprint density at radius 3 is 2.68 bits per heavy atom. The molecule has 0 spiro atoms. The minimum atomic E-state index is -0.405. The smallest absolute Gasteiger partial charge is 0.258 e. The third-order valence-corrected chi connectivity index (χ3v) is 3.83. The van der Waals surface area contributed by atoms with E-state index in [1.807, 2.05) is 26.0 Å². The fourth-order valence-corrected chi connectivity index (χ4v) is 2.49. The van der Waals surface area contributed by atoms with Crippen LogP contribution in [-0.2, 0) is 6.61 Å². The summed E-state index contributed by atoms with van der Waals surface area (Å²) in [6, 6.07) is 8.66. The molecule has 0 aliphatic carbocycles. The maximum atomic E-state index is 12.6. The van der Waals surface area contributed by atoms with Gasteiger partial charge < -0.3 is 14.8 Å².